The molecule has 0 aromatic heterocycles. The van der Waals surface area contributed by atoms with Gasteiger partial charge >= 0.3 is 6.18 Å². The zero-order valence-corrected chi connectivity index (χ0v) is 11.0. The van der Waals surface area contributed by atoms with E-state index in [4.69, 9.17) is 4.74 Å². The van der Waals surface area contributed by atoms with Crippen LogP contribution < -0.4 is 10.1 Å². The lowest BCUT2D eigenvalue weighted by atomic mass is 10.3. The van der Waals surface area contributed by atoms with Crippen LogP contribution in [0.2, 0.25) is 0 Å². The molecule has 2 nitrogen and oxygen atoms in total. The second kappa shape index (κ2) is 6.47. The fraction of sp³-hybridized carbons (Fsp3) is 0.200. The summed E-state index contributed by atoms with van der Waals surface area (Å²) >= 11 is 0. The molecule has 2 aromatic rings. The molecule has 1 N–H and O–H groups in total. The molecule has 0 radical (unpaired) electrons. The Hall–Kier alpha value is -2.24. The smallest absolute Gasteiger partial charge is 0.390 e. The minimum Gasteiger partial charge on any atom is -0.457 e. The fourth-order valence-corrected chi connectivity index (χ4v) is 1.68. The molecule has 0 bridgehead atoms. The highest BCUT2D eigenvalue weighted by Gasteiger charge is 2.26. The Labute approximate surface area is 119 Å². The van der Waals surface area contributed by atoms with E-state index in [1.165, 1.54) is 18.2 Å². The van der Waals surface area contributed by atoms with Gasteiger partial charge in [-0.1, -0.05) is 12.1 Å². The molecule has 0 aliphatic carbocycles. The molecule has 0 saturated carbocycles. The standard InChI is InChI=1S/C15H13F4NO/c16-11-3-1-5-13(9-11)21-14-6-2-4-12(10-14)20-8-7-15(17,18)19/h1-6,9-10,20H,7-8H2. The van der Waals surface area contributed by atoms with Crippen molar-refractivity contribution in [1.29, 1.82) is 0 Å². The average Bonchev–Trinajstić information content (AvgIpc) is 2.37. The number of rotatable bonds is 5. The Balaban J connectivity index is 1.97. The highest BCUT2D eigenvalue weighted by atomic mass is 19.4. The minimum absolute atomic E-state index is 0.215. The van der Waals surface area contributed by atoms with Crippen LogP contribution in [0.5, 0.6) is 11.5 Å². The van der Waals surface area contributed by atoms with Gasteiger partial charge < -0.3 is 10.1 Å². The van der Waals surface area contributed by atoms with Gasteiger partial charge in [0, 0.05) is 24.4 Å². The quantitative estimate of drug-likeness (QED) is 0.786. The molecular formula is C15H13F4NO. The van der Waals surface area contributed by atoms with Crippen LogP contribution in [-0.2, 0) is 0 Å². The summed E-state index contributed by atoms with van der Waals surface area (Å²) in [6.45, 7) is -0.215. The van der Waals surface area contributed by atoms with Crippen LogP contribution in [0.15, 0.2) is 48.5 Å². The van der Waals surface area contributed by atoms with Crippen LogP contribution in [0.1, 0.15) is 6.42 Å². The molecule has 0 spiro atoms. The van der Waals surface area contributed by atoms with Crippen molar-refractivity contribution in [2.75, 3.05) is 11.9 Å². The number of benzene rings is 2. The van der Waals surface area contributed by atoms with Crippen molar-refractivity contribution in [2.45, 2.75) is 12.6 Å². The molecule has 21 heavy (non-hydrogen) atoms. The van der Waals surface area contributed by atoms with E-state index in [-0.39, 0.29) is 6.54 Å². The maximum Gasteiger partial charge on any atom is 0.390 e. The number of halogens is 4. The SMILES string of the molecule is Fc1cccc(Oc2cccc(NCCC(F)(F)F)c2)c1. The molecule has 0 atom stereocenters. The highest BCUT2D eigenvalue weighted by molar-refractivity contribution is 5.49. The van der Waals surface area contributed by atoms with E-state index in [9.17, 15) is 17.6 Å². The largest absolute Gasteiger partial charge is 0.457 e. The molecule has 0 unspecified atom stereocenters. The van der Waals surface area contributed by atoms with Gasteiger partial charge in [0.15, 0.2) is 0 Å². The second-order valence-corrected chi connectivity index (χ2v) is 4.38. The Kier molecular flexibility index (Phi) is 4.67. The first-order valence-corrected chi connectivity index (χ1v) is 6.26. The van der Waals surface area contributed by atoms with Crippen molar-refractivity contribution >= 4 is 5.69 Å². The van der Waals surface area contributed by atoms with Crippen LogP contribution in [-0.4, -0.2) is 12.7 Å². The third-order valence-electron chi connectivity index (χ3n) is 2.60. The predicted molar refractivity (Wildman–Crippen MR) is 72.1 cm³/mol. The molecule has 0 aliphatic rings. The number of nitrogens with one attached hydrogen (secondary N) is 1. The van der Waals surface area contributed by atoms with Gasteiger partial charge in [-0.3, -0.25) is 0 Å². The van der Waals surface area contributed by atoms with Crippen LogP contribution in [0, 0.1) is 5.82 Å². The zero-order chi connectivity index (χ0) is 15.3. The Bertz CT molecular complexity index is 598. The lowest BCUT2D eigenvalue weighted by molar-refractivity contribution is -0.131. The van der Waals surface area contributed by atoms with Gasteiger partial charge in [-0.05, 0) is 24.3 Å². The van der Waals surface area contributed by atoms with Gasteiger partial charge in [-0.15, -0.1) is 0 Å². The van der Waals surface area contributed by atoms with E-state index < -0.39 is 18.4 Å². The molecule has 0 aliphatic heterocycles. The van der Waals surface area contributed by atoms with Crippen molar-refractivity contribution < 1.29 is 22.3 Å². The predicted octanol–water partition coefficient (Wildman–Crippen LogP) is 4.98. The maximum absolute atomic E-state index is 13.0. The maximum atomic E-state index is 13.0. The van der Waals surface area contributed by atoms with Crippen LogP contribution >= 0.6 is 0 Å². The van der Waals surface area contributed by atoms with E-state index >= 15 is 0 Å². The highest BCUT2D eigenvalue weighted by Crippen LogP contribution is 2.25. The van der Waals surface area contributed by atoms with Crippen molar-refractivity contribution in [3.63, 3.8) is 0 Å². The zero-order valence-electron chi connectivity index (χ0n) is 11.0. The van der Waals surface area contributed by atoms with Gasteiger partial charge in [-0.2, -0.15) is 13.2 Å². The van der Waals surface area contributed by atoms with E-state index in [1.807, 2.05) is 0 Å². The normalized spacial score (nSPS) is 11.2. The number of ether oxygens (including phenoxy) is 1. The molecule has 6 heteroatoms. The molecule has 0 saturated heterocycles. The molecular weight excluding hydrogens is 286 g/mol. The molecule has 112 valence electrons. The lowest BCUT2D eigenvalue weighted by Gasteiger charge is -2.11. The fourth-order valence-electron chi connectivity index (χ4n) is 1.68. The van der Waals surface area contributed by atoms with Crippen LogP contribution in [0.3, 0.4) is 0 Å². The van der Waals surface area contributed by atoms with E-state index in [1.54, 1.807) is 30.3 Å². The Morgan fingerprint density at radius 1 is 0.952 bits per heavy atom. The summed E-state index contributed by atoms with van der Waals surface area (Å²) in [7, 11) is 0. The van der Waals surface area contributed by atoms with Crippen molar-refractivity contribution in [1.82, 2.24) is 0 Å². The summed E-state index contributed by atoms with van der Waals surface area (Å²) in [6.07, 6.45) is -5.11. The summed E-state index contributed by atoms with van der Waals surface area (Å²) in [6, 6.07) is 12.1. The van der Waals surface area contributed by atoms with E-state index in [0.717, 1.165) is 0 Å². The average molecular weight is 299 g/mol. The molecule has 0 fully saturated rings. The van der Waals surface area contributed by atoms with Crippen LogP contribution in [0.25, 0.3) is 0 Å². The topological polar surface area (TPSA) is 21.3 Å². The number of hydrogen-bond donors (Lipinski definition) is 1. The number of hydrogen-bond acceptors (Lipinski definition) is 2. The van der Waals surface area contributed by atoms with Crippen molar-refractivity contribution in [2.24, 2.45) is 0 Å². The molecule has 2 aromatic carbocycles. The van der Waals surface area contributed by atoms with Crippen molar-refractivity contribution in [3.8, 4) is 11.5 Å². The molecule has 0 amide bonds. The summed E-state index contributed by atoms with van der Waals surface area (Å²) < 4.78 is 54.7. The lowest BCUT2D eigenvalue weighted by Crippen LogP contribution is -2.14. The van der Waals surface area contributed by atoms with Crippen molar-refractivity contribution in [3.05, 3.63) is 54.3 Å². The number of anilines is 1. The summed E-state index contributed by atoms with van der Waals surface area (Å²) in [5.41, 5.74) is 0.508. The van der Waals surface area contributed by atoms with Gasteiger partial charge in [0.25, 0.3) is 0 Å². The molecule has 2 rings (SSSR count). The Morgan fingerprint density at radius 2 is 1.62 bits per heavy atom. The van der Waals surface area contributed by atoms with Gasteiger partial charge in [0.05, 0.1) is 6.42 Å². The summed E-state index contributed by atoms with van der Waals surface area (Å²) in [5.74, 6) is 0.312. The third-order valence-corrected chi connectivity index (χ3v) is 2.60. The summed E-state index contributed by atoms with van der Waals surface area (Å²) in [5, 5.41) is 2.66. The van der Waals surface area contributed by atoms with Gasteiger partial charge in [-0.25, -0.2) is 4.39 Å². The first-order valence-electron chi connectivity index (χ1n) is 6.26. The Morgan fingerprint density at radius 3 is 2.29 bits per heavy atom. The van der Waals surface area contributed by atoms with Gasteiger partial charge in [0.1, 0.15) is 17.3 Å². The van der Waals surface area contributed by atoms with Crippen LogP contribution in [0.4, 0.5) is 23.2 Å². The van der Waals surface area contributed by atoms with E-state index in [2.05, 4.69) is 5.32 Å². The van der Waals surface area contributed by atoms with Gasteiger partial charge in [0.2, 0.25) is 0 Å². The monoisotopic (exact) mass is 299 g/mol. The first-order chi connectivity index (χ1) is 9.92. The summed E-state index contributed by atoms with van der Waals surface area (Å²) in [4.78, 5) is 0. The molecule has 0 heterocycles. The third kappa shape index (κ3) is 5.33. The second-order valence-electron chi connectivity index (χ2n) is 4.38. The van der Waals surface area contributed by atoms with E-state index in [0.29, 0.717) is 17.2 Å². The number of alkyl halides is 3. The minimum atomic E-state index is -4.19. The first kappa shape index (κ1) is 15.2.